The van der Waals surface area contributed by atoms with Crippen LogP contribution in [0.15, 0.2) is 17.5 Å². The fourth-order valence-corrected chi connectivity index (χ4v) is 2.10. The summed E-state index contributed by atoms with van der Waals surface area (Å²) in [4.78, 5) is 12.9. The Morgan fingerprint density at radius 3 is 2.81 bits per heavy atom. The van der Waals surface area contributed by atoms with Crippen molar-refractivity contribution >= 4 is 17.3 Å². The van der Waals surface area contributed by atoms with Crippen LogP contribution in [0.2, 0.25) is 0 Å². The van der Waals surface area contributed by atoms with Crippen LogP contribution in [0, 0.1) is 5.92 Å². The van der Waals surface area contributed by atoms with E-state index in [2.05, 4.69) is 11.4 Å². The summed E-state index contributed by atoms with van der Waals surface area (Å²) >= 11 is 1.69. The smallest absolute Gasteiger partial charge is 0.323 e. The molecule has 0 aliphatic rings. The second-order valence-corrected chi connectivity index (χ2v) is 4.97. The van der Waals surface area contributed by atoms with E-state index in [9.17, 15) is 4.79 Å². The van der Waals surface area contributed by atoms with E-state index >= 15 is 0 Å². The lowest BCUT2D eigenvalue weighted by molar-refractivity contribution is -0.146. The Morgan fingerprint density at radius 2 is 2.31 bits per heavy atom. The molecule has 1 atom stereocenters. The topological polar surface area (TPSA) is 38.3 Å². The molecule has 1 aromatic heterocycles. The van der Waals surface area contributed by atoms with E-state index in [1.54, 1.807) is 11.3 Å². The van der Waals surface area contributed by atoms with Gasteiger partial charge in [-0.3, -0.25) is 10.1 Å². The Balaban J connectivity index is 2.48. The molecule has 90 valence electrons. The Morgan fingerprint density at radius 1 is 1.56 bits per heavy atom. The van der Waals surface area contributed by atoms with Crippen molar-refractivity contribution in [2.75, 3.05) is 6.61 Å². The molecule has 0 aliphatic heterocycles. The van der Waals surface area contributed by atoms with Crippen LogP contribution in [-0.2, 0) is 16.1 Å². The van der Waals surface area contributed by atoms with E-state index in [1.165, 1.54) is 4.88 Å². The predicted molar refractivity (Wildman–Crippen MR) is 66.4 cm³/mol. The molecule has 0 radical (unpaired) electrons. The number of carbonyl (C=O) groups excluding carboxylic acids is 1. The number of thiophene rings is 1. The summed E-state index contributed by atoms with van der Waals surface area (Å²) < 4.78 is 5.04. The Kier molecular flexibility index (Phi) is 5.49. The van der Waals surface area contributed by atoms with Crippen LogP contribution in [0.25, 0.3) is 0 Å². The van der Waals surface area contributed by atoms with E-state index in [1.807, 2.05) is 32.2 Å². The average Bonchev–Trinajstić information content (AvgIpc) is 2.70. The van der Waals surface area contributed by atoms with Crippen molar-refractivity contribution in [3.63, 3.8) is 0 Å². The van der Waals surface area contributed by atoms with Gasteiger partial charge in [0.25, 0.3) is 0 Å². The first kappa shape index (κ1) is 13.2. The van der Waals surface area contributed by atoms with Gasteiger partial charge < -0.3 is 4.74 Å². The minimum absolute atomic E-state index is 0.158. The van der Waals surface area contributed by atoms with Gasteiger partial charge in [0.1, 0.15) is 6.04 Å². The van der Waals surface area contributed by atoms with Gasteiger partial charge in [0.15, 0.2) is 0 Å². The van der Waals surface area contributed by atoms with Gasteiger partial charge in [-0.05, 0) is 24.3 Å². The maximum absolute atomic E-state index is 11.7. The molecule has 0 amide bonds. The summed E-state index contributed by atoms with van der Waals surface area (Å²) in [5.74, 6) is 0.0769. The van der Waals surface area contributed by atoms with Crippen molar-refractivity contribution in [2.45, 2.75) is 33.4 Å². The molecule has 1 aromatic rings. The molecule has 0 bridgehead atoms. The summed E-state index contributed by atoms with van der Waals surface area (Å²) in [6.07, 6.45) is 0. The van der Waals surface area contributed by atoms with Gasteiger partial charge in [0, 0.05) is 11.4 Å². The van der Waals surface area contributed by atoms with Crippen LogP contribution in [0.4, 0.5) is 0 Å². The fraction of sp³-hybridized carbons (Fsp3) is 0.583. The number of carbonyl (C=O) groups is 1. The van der Waals surface area contributed by atoms with Crippen molar-refractivity contribution in [3.8, 4) is 0 Å². The van der Waals surface area contributed by atoms with Crippen molar-refractivity contribution < 1.29 is 9.53 Å². The van der Waals surface area contributed by atoms with Crippen molar-refractivity contribution in [2.24, 2.45) is 5.92 Å². The van der Waals surface area contributed by atoms with Gasteiger partial charge in [-0.25, -0.2) is 0 Å². The van der Waals surface area contributed by atoms with E-state index in [0.29, 0.717) is 6.61 Å². The first-order chi connectivity index (χ1) is 7.65. The summed E-state index contributed by atoms with van der Waals surface area (Å²) in [5.41, 5.74) is 0. The van der Waals surface area contributed by atoms with Crippen LogP contribution in [0.3, 0.4) is 0 Å². The summed E-state index contributed by atoms with van der Waals surface area (Å²) in [6, 6.07) is 3.85. The zero-order chi connectivity index (χ0) is 12.0. The molecule has 0 aliphatic carbocycles. The molecule has 0 saturated carbocycles. The molecule has 0 saturated heterocycles. The standard InChI is InChI=1S/C12H19NO2S/c1-4-15-12(14)11(9(2)3)13-8-10-6-5-7-16-10/h5-7,9,11,13H,4,8H2,1-3H3. The van der Waals surface area contributed by atoms with Crippen LogP contribution in [0.5, 0.6) is 0 Å². The third-order valence-corrected chi connectivity index (χ3v) is 3.16. The van der Waals surface area contributed by atoms with E-state index in [4.69, 9.17) is 4.74 Å². The van der Waals surface area contributed by atoms with E-state index in [0.717, 1.165) is 6.54 Å². The van der Waals surface area contributed by atoms with Gasteiger partial charge in [0.05, 0.1) is 6.61 Å². The molecule has 1 heterocycles. The van der Waals surface area contributed by atoms with Gasteiger partial charge in [0.2, 0.25) is 0 Å². The van der Waals surface area contributed by atoms with Crippen molar-refractivity contribution in [3.05, 3.63) is 22.4 Å². The molecular formula is C12H19NO2S. The molecule has 1 rings (SSSR count). The first-order valence-electron chi connectivity index (χ1n) is 5.57. The quantitative estimate of drug-likeness (QED) is 0.777. The fourth-order valence-electron chi connectivity index (χ4n) is 1.45. The summed E-state index contributed by atoms with van der Waals surface area (Å²) in [7, 11) is 0. The molecule has 16 heavy (non-hydrogen) atoms. The van der Waals surface area contributed by atoms with Crippen molar-refractivity contribution in [1.82, 2.24) is 5.32 Å². The summed E-state index contributed by atoms with van der Waals surface area (Å²) in [6.45, 7) is 7.02. The minimum Gasteiger partial charge on any atom is -0.465 e. The lowest BCUT2D eigenvalue weighted by Crippen LogP contribution is -2.41. The third-order valence-electron chi connectivity index (χ3n) is 2.28. The number of ether oxygens (including phenoxy) is 1. The largest absolute Gasteiger partial charge is 0.465 e. The minimum atomic E-state index is -0.220. The molecule has 1 unspecified atom stereocenters. The second kappa shape index (κ2) is 6.66. The highest BCUT2D eigenvalue weighted by Crippen LogP contribution is 2.10. The van der Waals surface area contributed by atoms with E-state index < -0.39 is 0 Å². The molecule has 3 nitrogen and oxygen atoms in total. The molecule has 0 fully saturated rings. The maximum atomic E-state index is 11.7. The number of nitrogens with one attached hydrogen (secondary N) is 1. The van der Waals surface area contributed by atoms with Crippen LogP contribution in [-0.4, -0.2) is 18.6 Å². The first-order valence-corrected chi connectivity index (χ1v) is 6.45. The third kappa shape index (κ3) is 3.94. The van der Waals surface area contributed by atoms with Crippen LogP contribution in [0.1, 0.15) is 25.6 Å². The SMILES string of the molecule is CCOC(=O)C(NCc1cccs1)C(C)C. The zero-order valence-corrected chi connectivity index (χ0v) is 10.8. The molecule has 4 heteroatoms. The van der Waals surface area contributed by atoms with Gasteiger partial charge in [-0.15, -0.1) is 11.3 Å². The van der Waals surface area contributed by atoms with E-state index in [-0.39, 0.29) is 17.9 Å². The van der Waals surface area contributed by atoms with Crippen LogP contribution < -0.4 is 5.32 Å². The zero-order valence-electron chi connectivity index (χ0n) is 10.0. The number of hydrogen-bond acceptors (Lipinski definition) is 4. The molecule has 0 spiro atoms. The van der Waals surface area contributed by atoms with Crippen molar-refractivity contribution in [1.29, 1.82) is 0 Å². The Hall–Kier alpha value is -0.870. The molecule has 0 aromatic carbocycles. The van der Waals surface area contributed by atoms with Gasteiger partial charge in [-0.2, -0.15) is 0 Å². The normalized spacial score (nSPS) is 12.8. The number of esters is 1. The highest BCUT2D eigenvalue weighted by Gasteiger charge is 2.22. The second-order valence-electron chi connectivity index (χ2n) is 3.93. The van der Waals surface area contributed by atoms with Gasteiger partial charge >= 0.3 is 5.97 Å². The highest BCUT2D eigenvalue weighted by molar-refractivity contribution is 7.09. The number of hydrogen-bond donors (Lipinski definition) is 1. The predicted octanol–water partition coefficient (Wildman–Crippen LogP) is 2.43. The average molecular weight is 241 g/mol. The van der Waals surface area contributed by atoms with Gasteiger partial charge in [-0.1, -0.05) is 19.9 Å². The Labute approximate surface area is 101 Å². The molecule has 1 N–H and O–H groups in total. The lowest BCUT2D eigenvalue weighted by Gasteiger charge is -2.20. The lowest BCUT2D eigenvalue weighted by atomic mass is 10.0. The highest BCUT2D eigenvalue weighted by atomic mass is 32.1. The van der Waals surface area contributed by atoms with Crippen LogP contribution >= 0.6 is 11.3 Å². The Bertz CT molecular complexity index is 309. The summed E-state index contributed by atoms with van der Waals surface area (Å²) in [5, 5.41) is 5.28. The maximum Gasteiger partial charge on any atom is 0.323 e. The molecular weight excluding hydrogens is 222 g/mol. The number of rotatable bonds is 6. The monoisotopic (exact) mass is 241 g/mol.